The van der Waals surface area contributed by atoms with E-state index in [1.165, 1.54) is 5.69 Å². The van der Waals surface area contributed by atoms with E-state index in [0.29, 0.717) is 5.75 Å². The van der Waals surface area contributed by atoms with Gasteiger partial charge in [0.15, 0.2) is 0 Å². The molecule has 0 aliphatic heterocycles. The van der Waals surface area contributed by atoms with Gasteiger partial charge in [0.05, 0.1) is 18.2 Å². The van der Waals surface area contributed by atoms with Crippen LogP contribution < -0.4 is 14.2 Å². The zero-order chi connectivity index (χ0) is 27.2. The Morgan fingerprint density at radius 2 is 1.50 bits per heavy atom. The first-order valence-electron chi connectivity index (χ1n) is 12.7. The molecule has 1 heterocycles. The molecule has 6 heteroatoms. The number of methoxy groups -OCH3 is 1. The molecular weight excluding hydrogens is 604 g/mol. The molecule has 3 aromatic carbocycles. The van der Waals surface area contributed by atoms with Crippen LogP contribution in [0.4, 0.5) is 5.69 Å². The molecule has 0 saturated heterocycles. The molecule has 0 aliphatic carbocycles. The number of aliphatic hydroxyl groups is 1. The quantitative estimate of drug-likeness (QED) is 0.190. The highest BCUT2D eigenvalue weighted by molar-refractivity contribution is 9.10. The summed E-state index contributed by atoms with van der Waals surface area (Å²) in [5.74, 6) is 0.690. The summed E-state index contributed by atoms with van der Waals surface area (Å²) in [6.07, 6.45) is 4.30. The Balaban J connectivity index is 1.82. The van der Waals surface area contributed by atoms with Gasteiger partial charge in [-0.1, -0.05) is 28.1 Å². The summed E-state index contributed by atoms with van der Waals surface area (Å²) < 4.78 is 9.61. The maximum Gasteiger partial charge on any atom is 0.213 e. The van der Waals surface area contributed by atoms with Gasteiger partial charge in [-0.15, -0.1) is 0 Å². The zero-order valence-corrected chi connectivity index (χ0v) is 25.4. The molecule has 0 unspecified atom stereocenters. The third kappa shape index (κ3) is 6.20. The number of ether oxygens (including phenoxy) is 1. The average molecular weight is 637 g/mol. The highest BCUT2D eigenvalue weighted by Crippen LogP contribution is 2.36. The number of pyridine rings is 1. The van der Waals surface area contributed by atoms with Crippen LogP contribution in [0, 0.1) is 0 Å². The number of anilines is 1. The highest BCUT2D eigenvalue weighted by Gasteiger charge is 2.18. The Morgan fingerprint density at radius 3 is 2.11 bits per heavy atom. The van der Waals surface area contributed by atoms with E-state index in [0.717, 1.165) is 61.2 Å². The Morgan fingerprint density at radius 1 is 0.842 bits per heavy atom. The smallest absolute Gasteiger partial charge is 0.213 e. The average Bonchev–Trinajstić information content (AvgIpc) is 2.94. The van der Waals surface area contributed by atoms with Crippen molar-refractivity contribution in [3.63, 3.8) is 0 Å². The number of nitrogens with zero attached hydrogens (tertiary/aromatic N) is 2. The molecule has 0 radical (unpaired) electrons. The van der Waals surface area contributed by atoms with E-state index < -0.39 is 0 Å². The summed E-state index contributed by atoms with van der Waals surface area (Å²) in [4.78, 5) is 2.34. The molecule has 1 aromatic heterocycles. The predicted octanol–water partition coefficient (Wildman–Crippen LogP) is 7.89. The molecule has 1 N–H and O–H groups in total. The normalized spacial score (nSPS) is 11.2. The molecule has 0 atom stereocenters. The van der Waals surface area contributed by atoms with Gasteiger partial charge in [0.25, 0.3) is 0 Å². The molecule has 0 amide bonds. The Bertz CT molecular complexity index is 1400. The van der Waals surface area contributed by atoms with Crippen LogP contribution >= 0.6 is 31.9 Å². The Hall–Kier alpha value is -2.93. The van der Waals surface area contributed by atoms with Crippen LogP contribution in [0.25, 0.3) is 34.5 Å². The topological polar surface area (TPSA) is 36.6 Å². The van der Waals surface area contributed by atoms with E-state index in [9.17, 15) is 5.11 Å². The van der Waals surface area contributed by atoms with Gasteiger partial charge in [-0.2, -0.15) is 4.57 Å². The summed E-state index contributed by atoms with van der Waals surface area (Å²) in [5.41, 5.74) is 8.43. The molecule has 0 spiro atoms. The van der Waals surface area contributed by atoms with Gasteiger partial charge < -0.3 is 14.7 Å². The molecule has 4 rings (SSSR count). The zero-order valence-electron chi connectivity index (χ0n) is 22.2. The van der Waals surface area contributed by atoms with Crippen molar-refractivity contribution >= 4 is 49.7 Å². The molecule has 4 aromatic rings. The van der Waals surface area contributed by atoms with Crippen molar-refractivity contribution in [1.82, 2.24) is 0 Å². The second-order valence-corrected chi connectivity index (χ2v) is 10.7. The van der Waals surface area contributed by atoms with Crippen LogP contribution in [-0.4, -0.2) is 25.3 Å². The Labute approximate surface area is 242 Å². The number of hydrogen-bond acceptors (Lipinski definition) is 3. The molecule has 0 aliphatic rings. The molecule has 38 heavy (non-hydrogen) atoms. The minimum absolute atomic E-state index is 0.0821. The lowest BCUT2D eigenvalue weighted by Crippen LogP contribution is -2.34. The third-order valence-corrected chi connectivity index (χ3v) is 8.22. The van der Waals surface area contributed by atoms with Gasteiger partial charge in [-0.25, -0.2) is 0 Å². The van der Waals surface area contributed by atoms with Crippen molar-refractivity contribution in [2.24, 2.45) is 7.05 Å². The predicted molar refractivity (Wildman–Crippen MR) is 165 cm³/mol. The summed E-state index contributed by atoms with van der Waals surface area (Å²) in [6, 6.07) is 25.4. The van der Waals surface area contributed by atoms with Crippen LogP contribution in [0.3, 0.4) is 0 Å². The molecule has 0 bridgehead atoms. The maximum atomic E-state index is 9.95. The van der Waals surface area contributed by atoms with Crippen molar-refractivity contribution in [2.75, 3.05) is 25.1 Å². The first-order valence-corrected chi connectivity index (χ1v) is 14.3. The fourth-order valence-electron chi connectivity index (χ4n) is 4.56. The second-order valence-electron chi connectivity index (χ2n) is 9.03. The molecule has 0 fully saturated rings. The SMILES string of the molecule is CCN(CC)c1ccc(/C=C/c2cc(-c3cc(CO)c(Br)c(OC)c3)cc(-c3ccc(Br)cc3)[n+]2C)cc1. The summed E-state index contributed by atoms with van der Waals surface area (Å²) in [7, 11) is 3.73. The van der Waals surface area contributed by atoms with Crippen molar-refractivity contribution < 1.29 is 14.4 Å². The first-order chi connectivity index (χ1) is 18.4. The van der Waals surface area contributed by atoms with E-state index in [-0.39, 0.29) is 6.61 Å². The number of aliphatic hydroxyl groups excluding tert-OH is 1. The van der Waals surface area contributed by atoms with Gasteiger partial charge in [-0.3, -0.25) is 0 Å². The van der Waals surface area contributed by atoms with Crippen molar-refractivity contribution in [1.29, 1.82) is 0 Å². The van der Waals surface area contributed by atoms with Crippen LogP contribution in [0.1, 0.15) is 30.7 Å². The van der Waals surface area contributed by atoms with Crippen LogP contribution in [-0.2, 0) is 13.7 Å². The van der Waals surface area contributed by atoms with Gasteiger partial charge >= 0.3 is 0 Å². The number of benzene rings is 3. The summed E-state index contributed by atoms with van der Waals surface area (Å²) in [5, 5.41) is 9.95. The lowest BCUT2D eigenvalue weighted by atomic mass is 9.99. The molecule has 0 saturated carbocycles. The van der Waals surface area contributed by atoms with E-state index in [4.69, 9.17) is 4.74 Å². The molecule has 196 valence electrons. The third-order valence-electron chi connectivity index (χ3n) is 6.79. The fourth-order valence-corrected chi connectivity index (χ4v) is 5.34. The van der Waals surface area contributed by atoms with Crippen molar-refractivity contribution in [2.45, 2.75) is 20.5 Å². The van der Waals surface area contributed by atoms with Gasteiger partial charge in [-0.05, 0) is 107 Å². The van der Waals surface area contributed by atoms with E-state index >= 15 is 0 Å². The minimum Gasteiger partial charge on any atom is -0.496 e. The van der Waals surface area contributed by atoms with Gasteiger partial charge in [0.2, 0.25) is 11.4 Å². The van der Waals surface area contributed by atoms with Crippen molar-refractivity contribution in [3.05, 3.63) is 98.6 Å². The number of halogens is 2. The number of aromatic nitrogens is 1. The summed E-state index contributed by atoms with van der Waals surface area (Å²) >= 11 is 7.11. The Kier molecular flexibility index (Phi) is 9.42. The lowest BCUT2D eigenvalue weighted by molar-refractivity contribution is -0.662. The van der Waals surface area contributed by atoms with Crippen LogP contribution in [0.2, 0.25) is 0 Å². The van der Waals surface area contributed by atoms with Gasteiger partial charge in [0, 0.05) is 47.0 Å². The molecular formula is C32H33Br2N2O2+. The van der Waals surface area contributed by atoms with Crippen molar-refractivity contribution in [3.8, 4) is 28.1 Å². The number of hydrogen-bond donors (Lipinski definition) is 1. The van der Waals surface area contributed by atoms with E-state index in [1.54, 1.807) is 7.11 Å². The highest BCUT2D eigenvalue weighted by atomic mass is 79.9. The first kappa shape index (κ1) is 28.1. The largest absolute Gasteiger partial charge is 0.496 e. The fraction of sp³-hybridized carbons (Fsp3) is 0.219. The monoisotopic (exact) mass is 635 g/mol. The van der Waals surface area contributed by atoms with Crippen LogP contribution in [0.5, 0.6) is 5.75 Å². The van der Waals surface area contributed by atoms with E-state index in [1.807, 2.05) is 12.1 Å². The summed E-state index contributed by atoms with van der Waals surface area (Å²) in [6.45, 7) is 6.26. The van der Waals surface area contributed by atoms with Crippen LogP contribution in [0.15, 0.2) is 81.7 Å². The van der Waals surface area contributed by atoms with E-state index in [2.05, 4.69) is 135 Å². The lowest BCUT2D eigenvalue weighted by Gasteiger charge is -2.20. The number of rotatable bonds is 9. The van der Waals surface area contributed by atoms with Gasteiger partial charge in [0.1, 0.15) is 12.8 Å². The maximum absolute atomic E-state index is 9.95. The molecule has 4 nitrogen and oxygen atoms in total. The standard InChI is InChI=1S/C32H33Br2N2O2/c1-5-36(6-2)28-14-7-22(8-15-28)9-16-29-18-25(24-17-26(21-37)32(34)31(20-24)38-4)19-30(35(29)3)23-10-12-27(33)13-11-23/h7-20,37H,5-6,21H2,1-4H3/q+1. The second kappa shape index (κ2) is 12.7. The minimum atomic E-state index is -0.0821.